The van der Waals surface area contributed by atoms with E-state index in [0.717, 1.165) is 19.3 Å². The summed E-state index contributed by atoms with van der Waals surface area (Å²) in [6.07, 6.45) is 2.57. The number of ether oxygens (including phenoxy) is 2. The van der Waals surface area contributed by atoms with E-state index >= 15 is 0 Å². The Kier molecular flexibility index (Phi) is 17.2. The standard InChI is InChI=1S/C10H22O4.C4H6O2/c1-2-3-4-10(12)9-14-8-7-13-6-5-11;1-3(2)4(5)6/h10-12H,2-9H2,1H3;1H2,2H3,(H,5,6). The van der Waals surface area contributed by atoms with Crippen LogP contribution in [0.5, 0.6) is 0 Å². The van der Waals surface area contributed by atoms with E-state index in [9.17, 15) is 9.90 Å². The fourth-order valence-corrected chi connectivity index (χ4v) is 1.03. The highest BCUT2D eigenvalue weighted by molar-refractivity contribution is 5.84. The molecule has 0 spiro atoms. The van der Waals surface area contributed by atoms with Gasteiger partial charge >= 0.3 is 5.97 Å². The Morgan fingerprint density at radius 2 is 1.80 bits per heavy atom. The maximum absolute atomic E-state index is 9.60. The number of hydrogen-bond donors (Lipinski definition) is 3. The van der Waals surface area contributed by atoms with E-state index in [4.69, 9.17) is 19.7 Å². The van der Waals surface area contributed by atoms with Gasteiger partial charge in [0.05, 0.1) is 39.1 Å². The molecule has 120 valence electrons. The van der Waals surface area contributed by atoms with Crippen molar-refractivity contribution in [2.24, 2.45) is 0 Å². The molecule has 6 heteroatoms. The number of aliphatic hydroxyl groups excluding tert-OH is 2. The molecular weight excluding hydrogens is 264 g/mol. The predicted octanol–water partition coefficient (Wildman–Crippen LogP) is 1.21. The summed E-state index contributed by atoms with van der Waals surface area (Å²) < 4.78 is 10.2. The highest BCUT2D eigenvalue weighted by Crippen LogP contribution is 2.00. The van der Waals surface area contributed by atoms with Gasteiger partial charge in [0, 0.05) is 5.57 Å². The van der Waals surface area contributed by atoms with Crippen LogP contribution in [0.4, 0.5) is 0 Å². The Morgan fingerprint density at radius 1 is 1.25 bits per heavy atom. The summed E-state index contributed by atoms with van der Waals surface area (Å²) in [7, 11) is 0. The summed E-state index contributed by atoms with van der Waals surface area (Å²) in [5.41, 5.74) is 0.176. The van der Waals surface area contributed by atoms with E-state index < -0.39 is 5.97 Å². The van der Waals surface area contributed by atoms with E-state index in [0.29, 0.717) is 26.4 Å². The van der Waals surface area contributed by atoms with Gasteiger partial charge in [-0.25, -0.2) is 4.79 Å². The second-order valence-electron chi connectivity index (χ2n) is 4.29. The van der Waals surface area contributed by atoms with Gasteiger partial charge in [0.2, 0.25) is 0 Å². The van der Waals surface area contributed by atoms with Gasteiger partial charge in [0.15, 0.2) is 0 Å². The fourth-order valence-electron chi connectivity index (χ4n) is 1.03. The average Bonchev–Trinajstić information content (AvgIpc) is 2.41. The average molecular weight is 292 g/mol. The largest absolute Gasteiger partial charge is 0.478 e. The molecule has 0 saturated carbocycles. The van der Waals surface area contributed by atoms with Gasteiger partial charge in [0.25, 0.3) is 0 Å². The van der Waals surface area contributed by atoms with Gasteiger partial charge in [-0.1, -0.05) is 26.3 Å². The smallest absolute Gasteiger partial charge is 0.330 e. The monoisotopic (exact) mass is 292 g/mol. The zero-order valence-corrected chi connectivity index (χ0v) is 12.5. The van der Waals surface area contributed by atoms with Crippen LogP contribution < -0.4 is 0 Å². The van der Waals surface area contributed by atoms with E-state index in [1.54, 1.807) is 0 Å². The molecular formula is C14H28O6. The molecule has 0 radical (unpaired) electrons. The minimum absolute atomic E-state index is 0.0408. The van der Waals surface area contributed by atoms with Gasteiger partial charge in [-0.05, 0) is 13.3 Å². The molecule has 6 nitrogen and oxygen atoms in total. The maximum atomic E-state index is 9.60. The van der Waals surface area contributed by atoms with Gasteiger partial charge in [-0.3, -0.25) is 0 Å². The lowest BCUT2D eigenvalue weighted by molar-refractivity contribution is -0.132. The highest BCUT2D eigenvalue weighted by Gasteiger charge is 2.02. The molecule has 0 aliphatic carbocycles. The van der Waals surface area contributed by atoms with Crippen LogP contribution in [0.1, 0.15) is 33.1 Å². The third-order valence-corrected chi connectivity index (χ3v) is 2.17. The van der Waals surface area contributed by atoms with Crippen LogP contribution in [0.3, 0.4) is 0 Å². The van der Waals surface area contributed by atoms with Crippen molar-refractivity contribution in [3.05, 3.63) is 12.2 Å². The van der Waals surface area contributed by atoms with Crippen LogP contribution in [0.2, 0.25) is 0 Å². The van der Waals surface area contributed by atoms with E-state index in [-0.39, 0.29) is 18.3 Å². The predicted molar refractivity (Wildman–Crippen MR) is 76.7 cm³/mol. The third-order valence-electron chi connectivity index (χ3n) is 2.17. The van der Waals surface area contributed by atoms with Crippen molar-refractivity contribution in [2.45, 2.75) is 39.2 Å². The number of carboxylic acid groups (broad SMARTS) is 1. The first kappa shape index (κ1) is 21.4. The molecule has 0 heterocycles. The van der Waals surface area contributed by atoms with E-state index in [2.05, 4.69) is 13.5 Å². The van der Waals surface area contributed by atoms with Crippen molar-refractivity contribution in [3.8, 4) is 0 Å². The number of carboxylic acids is 1. The molecule has 0 aromatic carbocycles. The quantitative estimate of drug-likeness (QED) is 0.391. The summed E-state index contributed by atoms with van der Waals surface area (Å²) in [5.74, 6) is -0.935. The molecule has 0 fully saturated rings. The third kappa shape index (κ3) is 19.4. The molecule has 0 aromatic rings. The Balaban J connectivity index is 0. The van der Waals surface area contributed by atoms with Crippen LogP contribution in [0, 0.1) is 0 Å². The summed E-state index contributed by atoms with van der Waals surface area (Å²) in [6.45, 7) is 8.41. The lowest BCUT2D eigenvalue weighted by Crippen LogP contribution is -2.17. The molecule has 0 saturated heterocycles. The first-order chi connectivity index (χ1) is 9.45. The van der Waals surface area contributed by atoms with Crippen molar-refractivity contribution in [2.75, 3.05) is 33.0 Å². The molecule has 0 bridgehead atoms. The second kappa shape index (κ2) is 16.1. The molecule has 3 N–H and O–H groups in total. The number of rotatable bonds is 11. The first-order valence-corrected chi connectivity index (χ1v) is 6.78. The molecule has 0 aliphatic heterocycles. The summed E-state index contributed by atoms with van der Waals surface area (Å²) in [5, 5.41) is 25.7. The highest BCUT2D eigenvalue weighted by atomic mass is 16.5. The Hall–Kier alpha value is -0.950. The molecule has 0 rings (SSSR count). The lowest BCUT2D eigenvalue weighted by atomic mass is 10.2. The summed E-state index contributed by atoms with van der Waals surface area (Å²) in [4.78, 5) is 9.60. The molecule has 0 aliphatic rings. The number of aliphatic carboxylic acids is 1. The van der Waals surface area contributed by atoms with Crippen molar-refractivity contribution < 1.29 is 29.6 Å². The number of unbranched alkanes of at least 4 members (excludes halogenated alkanes) is 1. The minimum atomic E-state index is -0.935. The zero-order valence-electron chi connectivity index (χ0n) is 12.5. The molecule has 1 unspecified atom stereocenters. The molecule has 1 atom stereocenters. The summed E-state index contributed by atoms with van der Waals surface area (Å²) >= 11 is 0. The van der Waals surface area contributed by atoms with E-state index in [1.165, 1.54) is 6.92 Å². The first-order valence-electron chi connectivity index (χ1n) is 6.78. The minimum Gasteiger partial charge on any atom is -0.478 e. The zero-order chi connectivity index (χ0) is 15.8. The van der Waals surface area contributed by atoms with Crippen LogP contribution in [-0.2, 0) is 14.3 Å². The van der Waals surface area contributed by atoms with Crippen LogP contribution >= 0.6 is 0 Å². The SMILES string of the molecule is C=C(C)C(=O)O.CCCCC(O)COCCOCCO. The summed E-state index contributed by atoms with van der Waals surface area (Å²) in [6, 6.07) is 0. The Morgan fingerprint density at radius 3 is 2.25 bits per heavy atom. The van der Waals surface area contributed by atoms with Gasteiger partial charge < -0.3 is 24.8 Å². The molecule has 0 amide bonds. The fraction of sp³-hybridized carbons (Fsp3) is 0.786. The van der Waals surface area contributed by atoms with Crippen molar-refractivity contribution in [1.29, 1.82) is 0 Å². The van der Waals surface area contributed by atoms with Crippen molar-refractivity contribution in [3.63, 3.8) is 0 Å². The Bertz CT molecular complexity index is 230. The van der Waals surface area contributed by atoms with Gasteiger partial charge in [-0.15, -0.1) is 0 Å². The van der Waals surface area contributed by atoms with Crippen molar-refractivity contribution in [1.82, 2.24) is 0 Å². The number of carbonyl (C=O) groups is 1. The van der Waals surface area contributed by atoms with E-state index in [1.807, 2.05) is 0 Å². The molecule has 20 heavy (non-hydrogen) atoms. The topological polar surface area (TPSA) is 96.2 Å². The van der Waals surface area contributed by atoms with Crippen molar-refractivity contribution >= 4 is 5.97 Å². The van der Waals surface area contributed by atoms with Crippen LogP contribution in [0.25, 0.3) is 0 Å². The normalized spacial score (nSPS) is 11.4. The van der Waals surface area contributed by atoms with Crippen LogP contribution in [0.15, 0.2) is 12.2 Å². The van der Waals surface area contributed by atoms with Crippen LogP contribution in [-0.4, -0.2) is 60.4 Å². The molecule has 0 aromatic heterocycles. The number of aliphatic hydroxyl groups is 2. The van der Waals surface area contributed by atoms with Gasteiger partial charge in [-0.2, -0.15) is 0 Å². The lowest BCUT2D eigenvalue weighted by Gasteiger charge is -2.10. The van der Waals surface area contributed by atoms with Gasteiger partial charge in [0.1, 0.15) is 0 Å². The second-order valence-corrected chi connectivity index (χ2v) is 4.29. The Labute approximate surface area is 121 Å². The maximum Gasteiger partial charge on any atom is 0.330 e. The number of hydrogen-bond acceptors (Lipinski definition) is 5.